The molecule has 61 heavy (non-hydrogen) atoms. The van der Waals surface area contributed by atoms with E-state index < -0.39 is 35.7 Å². The number of ketones is 1. The minimum absolute atomic E-state index is 0.0282. The zero-order chi connectivity index (χ0) is 42.7. The van der Waals surface area contributed by atoms with Crippen LogP contribution in [-0.4, -0.2) is 73.3 Å². The van der Waals surface area contributed by atoms with Gasteiger partial charge in [0.2, 0.25) is 17.7 Å². The van der Waals surface area contributed by atoms with Crippen molar-refractivity contribution in [1.82, 2.24) is 30.3 Å². The molecule has 1 fully saturated rings. The molecule has 0 saturated carbocycles. The highest BCUT2D eigenvalue weighted by molar-refractivity contribution is 7.15. The summed E-state index contributed by atoms with van der Waals surface area (Å²) in [4.78, 5) is 85.1. The molecular weight excluding hydrogens is 818 g/mol. The van der Waals surface area contributed by atoms with E-state index in [0.717, 1.165) is 42.7 Å². The van der Waals surface area contributed by atoms with Crippen molar-refractivity contribution in [3.63, 3.8) is 0 Å². The van der Waals surface area contributed by atoms with Crippen molar-refractivity contribution in [1.29, 1.82) is 0 Å². The number of nitrogens with zero attached hydrogens (tertiary/aromatic N) is 7. The average Bonchev–Trinajstić information content (AvgIpc) is 3.80. The number of nitrogens with one attached hydrogen (secondary N) is 2. The number of hydrogen-bond acceptors (Lipinski definition) is 12. The lowest BCUT2D eigenvalue weighted by Crippen LogP contribution is -2.54. The number of aromatic nitrogens is 3. The number of amides is 5. The molecule has 5 amide bonds. The highest BCUT2D eigenvalue weighted by Crippen LogP contribution is 2.40. The minimum Gasteiger partial charge on any atom is -0.356 e. The first-order valence-electron chi connectivity index (χ1n) is 20.0. The molecule has 4 aliphatic rings. The molecule has 2 atom stereocenters. The number of rotatable bonds is 9. The van der Waals surface area contributed by atoms with E-state index in [1.165, 1.54) is 6.07 Å². The summed E-state index contributed by atoms with van der Waals surface area (Å²) in [6.07, 6.45) is 1.73. The van der Waals surface area contributed by atoms with Gasteiger partial charge in [-0.2, -0.15) is 10.2 Å². The number of benzene rings is 3. The number of imide groups is 2. The molecule has 15 nitrogen and oxygen atoms in total. The van der Waals surface area contributed by atoms with Crippen molar-refractivity contribution in [2.75, 3.05) is 6.54 Å². The summed E-state index contributed by atoms with van der Waals surface area (Å²) in [7, 11) is 0. The Labute approximate surface area is 358 Å². The van der Waals surface area contributed by atoms with Crippen molar-refractivity contribution in [2.24, 2.45) is 15.2 Å². The van der Waals surface area contributed by atoms with Gasteiger partial charge < -0.3 is 5.32 Å². The maximum absolute atomic E-state index is 13.5. The highest BCUT2D eigenvalue weighted by atomic mass is 35.5. The molecule has 308 valence electrons. The first-order chi connectivity index (χ1) is 29.4. The Hall–Kier alpha value is -6.52. The Kier molecular flexibility index (Phi) is 10.4. The van der Waals surface area contributed by atoms with Crippen molar-refractivity contribution in [3.8, 4) is 5.00 Å². The van der Waals surface area contributed by atoms with E-state index in [1.54, 1.807) is 29.5 Å². The number of carbonyl (C=O) groups is 6. The number of aryl methyl sites for hydroxylation is 4. The first kappa shape index (κ1) is 39.9. The van der Waals surface area contributed by atoms with Gasteiger partial charge >= 0.3 is 0 Å². The zero-order valence-electron chi connectivity index (χ0n) is 33.4. The van der Waals surface area contributed by atoms with Crippen molar-refractivity contribution >= 4 is 75.3 Å². The van der Waals surface area contributed by atoms with Gasteiger partial charge in [0, 0.05) is 46.0 Å². The van der Waals surface area contributed by atoms with Crippen LogP contribution in [0, 0.1) is 20.8 Å². The Balaban J connectivity index is 0.853. The third-order valence-corrected chi connectivity index (χ3v) is 13.1. The molecule has 2 N–H and O–H groups in total. The van der Waals surface area contributed by atoms with Gasteiger partial charge in [-0.3, -0.25) is 48.5 Å². The lowest BCUT2D eigenvalue weighted by molar-refractivity contribution is -0.136. The van der Waals surface area contributed by atoms with Crippen LogP contribution in [0.5, 0.6) is 0 Å². The topological polar surface area (TPSA) is 198 Å². The highest BCUT2D eigenvalue weighted by Gasteiger charge is 2.45. The zero-order valence-corrected chi connectivity index (χ0v) is 34.9. The second-order valence-corrected chi connectivity index (χ2v) is 17.1. The summed E-state index contributed by atoms with van der Waals surface area (Å²) in [5.41, 5.74) is 6.98. The number of azo groups is 1. The average molecular weight is 856 g/mol. The molecular formula is C44H38ClN9O6S. The maximum atomic E-state index is 13.5. The second-order valence-electron chi connectivity index (χ2n) is 15.5. The monoisotopic (exact) mass is 855 g/mol. The number of aliphatic imine (C=N–C) groups is 1. The standard InChI is InChI=1S/C44H38ClN9O6S/c1-21-22(2)61-44-38(21)39(25-10-12-28(45)13-11-25)47-33(40-52-49-23(3)53(40)44)20-37(57)46-16-4-5-35(55)27-9-7-24-6-8-26-17-29-30(19-32(26)51-50-31(24)18-27)43(60)54(42(29)59)34-14-15-36(56)48-41(34)58/h7,9-13,17-19,33-34H,4-6,8,14-16,20H2,1-3H3,(H,46,57)(H,48,56,58)/t33-,34?/m0/s1. The van der Waals surface area contributed by atoms with Crippen LogP contribution in [0.25, 0.3) is 5.00 Å². The summed E-state index contributed by atoms with van der Waals surface area (Å²) in [5.74, 6) is -1.39. The third kappa shape index (κ3) is 7.29. The molecule has 17 heteroatoms. The third-order valence-electron chi connectivity index (χ3n) is 11.6. The molecule has 1 unspecified atom stereocenters. The summed E-state index contributed by atoms with van der Waals surface area (Å²) in [5, 5.41) is 24.5. The number of fused-ring (bicyclic) bond motifs is 6. The Bertz CT molecular complexity index is 2810. The van der Waals surface area contributed by atoms with Gasteiger partial charge in [-0.25, -0.2) is 0 Å². The van der Waals surface area contributed by atoms with E-state index in [2.05, 4.69) is 44.9 Å². The maximum Gasteiger partial charge on any atom is 0.262 e. The molecule has 6 heterocycles. The van der Waals surface area contributed by atoms with E-state index in [1.807, 2.05) is 41.8 Å². The molecule has 5 aromatic rings. The van der Waals surface area contributed by atoms with Gasteiger partial charge in [0.05, 0.1) is 34.6 Å². The van der Waals surface area contributed by atoms with Crippen molar-refractivity contribution in [2.45, 2.75) is 77.8 Å². The number of halogens is 1. The van der Waals surface area contributed by atoms with Crippen molar-refractivity contribution in [3.05, 3.63) is 121 Å². The Morgan fingerprint density at radius 2 is 1.61 bits per heavy atom. The predicted octanol–water partition coefficient (Wildman–Crippen LogP) is 6.88. The predicted molar refractivity (Wildman–Crippen MR) is 226 cm³/mol. The summed E-state index contributed by atoms with van der Waals surface area (Å²) in [6, 6.07) is 14.3. The summed E-state index contributed by atoms with van der Waals surface area (Å²) < 4.78 is 2.00. The van der Waals surface area contributed by atoms with Crippen molar-refractivity contribution < 1.29 is 28.8 Å². The van der Waals surface area contributed by atoms with Crippen LogP contribution >= 0.6 is 22.9 Å². The van der Waals surface area contributed by atoms with Gasteiger partial charge in [-0.05, 0) is 93.5 Å². The Morgan fingerprint density at radius 1 is 0.885 bits per heavy atom. The van der Waals surface area contributed by atoms with Gasteiger partial charge in [0.15, 0.2) is 11.6 Å². The van der Waals surface area contributed by atoms with Gasteiger partial charge in [-0.15, -0.1) is 21.5 Å². The number of piperidine rings is 1. The van der Waals surface area contributed by atoms with Crippen LogP contribution < -0.4 is 10.6 Å². The minimum atomic E-state index is -1.07. The fourth-order valence-electron chi connectivity index (χ4n) is 8.26. The van der Waals surface area contributed by atoms with Crippen LogP contribution in [0.2, 0.25) is 5.02 Å². The largest absolute Gasteiger partial charge is 0.356 e. The molecule has 1 saturated heterocycles. The van der Waals surface area contributed by atoms with Gasteiger partial charge in [-0.1, -0.05) is 35.9 Å². The van der Waals surface area contributed by atoms with E-state index in [0.29, 0.717) is 58.4 Å². The smallest absolute Gasteiger partial charge is 0.262 e. The molecule has 4 aliphatic heterocycles. The molecule has 0 radical (unpaired) electrons. The quantitative estimate of drug-likeness (QED) is 0.0908. The Morgan fingerprint density at radius 3 is 2.36 bits per heavy atom. The molecule has 0 spiro atoms. The summed E-state index contributed by atoms with van der Waals surface area (Å²) >= 11 is 7.87. The van der Waals surface area contributed by atoms with Crippen LogP contribution in [0.1, 0.15) is 114 Å². The lowest BCUT2D eigenvalue weighted by atomic mass is 9.95. The fraction of sp³-hybridized carbons (Fsp3) is 0.295. The lowest BCUT2D eigenvalue weighted by Gasteiger charge is -2.27. The molecule has 9 rings (SSSR count). The normalized spacial score (nSPS) is 17.9. The summed E-state index contributed by atoms with van der Waals surface area (Å²) in [6.45, 7) is 6.31. The molecule has 3 aromatic carbocycles. The van der Waals surface area contributed by atoms with Crippen LogP contribution in [0.4, 0.5) is 11.4 Å². The van der Waals surface area contributed by atoms with Gasteiger partial charge in [0.1, 0.15) is 22.9 Å². The molecule has 0 aliphatic carbocycles. The number of Topliss-reactive ketones (excluding diaryl/α,β-unsaturated/α-hetero) is 1. The first-order valence-corrected chi connectivity index (χ1v) is 21.1. The number of thiophene rings is 1. The molecule has 0 bridgehead atoms. The van der Waals surface area contributed by atoms with E-state index in [4.69, 9.17) is 16.6 Å². The SMILES string of the molecule is Cc1sc2c(c1C)C(c1ccc(Cl)cc1)=N[C@@H](CC(=O)NCCCC(=O)c1ccc3c(c1)N=Nc1cc4c(cc1CC3)C(=O)N(C1CCC(=O)NC1=O)C4=O)c1nnc(C)n1-2. The second kappa shape index (κ2) is 15.8. The van der Waals surface area contributed by atoms with E-state index in [9.17, 15) is 28.8 Å². The number of carbonyl (C=O) groups excluding carboxylic acids is 6. The van der Waals surface area contributed by atoms with E-state index >= 15 is 0 Å². The van der Waals surface area contributed by atoms with E-state index in [-0.39, 0.29) is 55.0 Å². The van der Waals surface area contributed by atoms with Crippen LogP contribution in [0.15, 0.2) is 69.8 Å². The molecule has 2 aromatic heterocycles. The van der Waals surface area contributed by atoms with Crippen LogP contribution in [0.3, 0.4) is 0 Å². The number of hydrogen-bond donors (Lipinski definition) is 2. The fourth-order valence-corrected chi connectivity index (χ4v) is 9.60. The van der Waals surface area contributed by atoms with Crippen LogP contribution in [-0.2, 0) is 27.2 Å². The van der Waals surface area contributed by atoms with Gasteiger partial charge in [0.25, 0.3) is 11.8 Å².